The fraction of sp³-hybridized carbons (Fsp3) is 0.133. The average Bonchev–Trinajstić information content (AvgIpc) is 2.92. The van der Waals surface area contributed by atoms with E-state index in [4.69, 9.17) is 19.3 Å². The van der Waals surface area contributed by atoms with Crippen LogP contribution in [0.25, 0.3) is 0 Å². The summed E-state index contributed by atoms with van der Waals surface area (Å²) in [6.45, 7) is 0.489. The van der Waals surface area contributed by atoms with Crippen molar-refractivity contribution in [3.8, 4) is 17.2 Å². The van der Waals surface area contributed by atoms with Crippen LogP contribution in [0, 0.1) is 0 Å². The van der Waals surface area contributed by atoms with Gasteiger partial charge in [-0.25, -0.2) is 4.79 Å². The number of carboxylic acids is 1. The molecular formula is C15H12O5. The van der Waals surface area contributed by atoms with Crippen molar-refractivity contribution in [2.45, 2.75) is 6.61 Å². The van der Waals surface area contributed by atoms with E-state index in [2.05, 4.69) is 0 Å². The highest BCUT2D eigenvalue weighted by Gasteiger charge is 2.14. The molecule has 2 aromatic carbocycles. The Morgan fingerprint density at radius 1 is 1.15 bits per heavy atom. The first-order valence-corrected chi connectivity index (χ1v) is 6.08. The van der Waals surface area contributed by atoms with Gasteiger partial charge in [0.25, 0.3) is 0 Å². The van der Waals surface area contributed by atoms with Crippen LogP contribution in [0.15, 0.2) is 42.5 Å². The van der Waals surface area contributed by atoms with Crippen molar-refractivity contribution < 1.29 is 24.1 Å². The maximum Gasteiger partial charge on any atom is 0.339 e. The predicted molar refractivity (Wildman–Crippen MR) is 70.3 cm³/mol. The maximum absolute atomic E-state index is 11.1. The van der Waals surface area contributed by atoms with Crippen molar-refractivity contribution in [1.29, 1.82) is 0 Å². The van der Waals surface area contributed by atoms with Gasteiger partial charge in [-0.3, -0.25) is 0 Å². The molecule has 2 aromatic rings. The van der Waals surface area contributed by atoms with Crippen LogP contribution >= 0.6 is 0 Å². The lowest BCUT2D eigenvalue weighted by Gasteiger charge is -2.09. The lowest BCUT2D eigenvalue weighted by atomic mass is 10.2. The standard InChI is InChI=1S/C15H12O5/c16-15(17)11-3-1-2-4-12(11)18-8-10-5-6-13-14(7-10)20-9-19-13/h1-7H,8-9H2,(H,16,17). The van der Waals surface area contributed by atoms with E-state index in [0.717, 1.165) is 5.56 Å². The van der Waals surface area contributed by atoms with Crippen LogP contribution in [-0.2, 0) is 6.61 Å². The predicted octanol–water partition coefficient (Wildman–Crippen LogP) is 2.69. The van der Waals surface area contributed by atoms with E-state index in [0.29, 0.717) is 17.2 Å². The lowest BCUT2D eigenvalue weighted by Crippen LogP contribution is -2.03. The zero-order valence-corrected chi connectivity index (χ0v) is 10.5. The number of para-hydroxylation sites is 1. The molecule has 5 nitrogen and oxygen atoms in total. The van der Waals surface area contributed by atoms with Crippen LogP contribution in [0.1, 0.15) is 15.9 Å². The Labute approximate surface area is 115 Å². The molecule has 1 aliphatic heterocycles. The summed E-state index contributed by atoms with van der Waals surface area (Å²) in [6.07, 6.45) is 0. The topological polar surface area (TPSA) is 65.0 Å². The number of carbonyl (C=O) groups is 1. The SMILES string of the molecule is O=C(O)c1ccccc1OCc1ccc2c(c1)OCO2. The number of hydrogen-bond acceptors (Lipinski definition) is 4. The molecule has 0 fully saturated rings. The Balaban J connectivity index is 1.75. The number of ether oxygens (including phenoxy) is 3. The summed E-state index contributed by atoms with van der Waals surface area (Å²) >= 11 is 0. The highest BCUT2D eigenvalue weighted by Crippen LogP contribution is 2.32. The quantitative estimate of drug-likeness (QED) is 0.927. The van der Waals surface area contributed by atoms with E-state index in [1.807, 2.05) is 18.2 Å². The molecule has 1 heterocycles. The number of rotatable bonds is 4. The van der Waals surface area contributed by atoms with Gasteiger partial charge in [-0.05, 0) is 29.8 Å². The summed E-state index contributed by atoms with van der Waals surface area (Å²) in [4.78, 5) is 11.1. The van der Waals surface area contributed by atoms with Crippen molar-refractivity contribution in [2.75, 3.05) is 6.79 Å². The molecule has 1 aliphatic rings. The smallest absolute Gasteiger partial charge is 0.339 e. The molecule has 102 valence electrons. The van der Waals surface area contributed by atoms with Crippen molar-refractivity contribution in [3.05, 3.63) is 53.6 Å². The van der Waals surface area contributed by atoms with Gasteiger partial charge in [0, 0.05) is 0 Å². The molecule has 0 radical (unpaired) electrons. The average molecular weight is 272 g/mol. The summed E-state index contributed by atoms with van der Waals surface area (Å²) < 4.78 is 16.1. The van der Waals surface area contributed by atoms with Crippen molar-refractivity contribution in [3.63, 3.8) is 0 Å². The van der Waals surface area contributed by atoms with Gasteiger partial charge in [-0.1, -0.05) is 18.2 Å². The summed E-state index contributed by atoms with van der Waals surface area (Å²) in [7, 11) is 0. The van der Waals surface area contributed by atoms with Crippen molar-refractivity contribution in [2.24, 2.45) is 0 Å². The third-order valence-electron chi connectivity index (χ3n) is 2.95. The molecule has 0 unspecified atom stereocenters. The van der Waals surface area contributed by atoms with Crippen LogP contribution in [0.3, 0.4) is 0 Å². The number of fused-ring (bicyclic) bond motifs is 1. The van der Waals surface area contributed by atoms with Gasteiger partial charge in [0.1, 0.15) is 17.9 Å². The van der Waals surface area contributed by atoms with Crippen LogP contribution in [-0.4, -0.2) is 17.9 Å². The van der Waals surface area contributed by atoms with Gasteiger partial charge in [-0.15, -0.1) is 0 Å². The zero-order valence-electron chi connectivity index (χ0n) is 10.5. The zero-order chi connectivity index (χ0) is 13.9. The molecule has 0 spiro atoms. The molecule has 0 saturated carbocycles. The highest BCUT2D eigenvalue weighted by atomic mass is 16.7. The molecule has 0 aliphatic carbocycles. The monoisotopic (exact) mass is 272 g/mol. The molecule has 0 amide bonds. The van der Waals surface area contributed by atoms with Gasteiger partial charge in [0.2, 0.25) is 6.79 Å². The minimum Gasteiger partial charge on any atom is -0.488 e. The Bertz CT molecular complexity index is 650. The molecule has 20 heavy (non-hydrogen) atoms. The maximum atomic E-state index is 11.1. The van der Waals surface area contributed by atoms with E-state index in [1.54, 1.807) is 18.2 Å². The Kier molecular flexibility index (Phi) is 3.16. The van der Waals surface area contributed by atoms with Gasteiger partial charge >= 0.3 is 5.97 Å². The number of aromatic carboxylic acids is 1. The Morgan fingerprint density at radius 2 is 1.95 bits per heavy atom. The van der Waals surface area contributed by atoms with Crippen LogP contribution in [0.2, 0.25) is 0 Å². The molecule has 3 rings (SSSR count). The van der Waals surface area contributed by atoms with E-state index in [9.17, 15) is 4.79 Å². The first kappa shape index (κ1) is 12.3. The van der Waals surface area contributed by atoms with E-state index >= 15 is 0 Å². The molecule has 0 atom stereocenters. The van der Waals surface area contributed by atoms with Gasteiger partial charge < -0.3 is 19.3 Å². The van der Waals surface area contributed by atoms with E-state index in [-0.39, 0.29) is 19.0 Å². The molecular weight excluding hydrogens is 260 g/mol. The second-order valence-electron chi connectivity index (χ2n) is 4.28. The van der Waals surface area contributed by atoms with Gasteiger partial charge in [0.15, 0.2) is 11.5 Å². The summed E-state index contributed by atoms with van der Waals surface area (Å²) in [6, 6.07) is 12.0. The summed E-state index contributed by atoms with van der Waals surface area (Å²) in [5.74, 6) is 0.723. The third-order valence-corrected chi connectivity index (χ3v) is 2.95. The van der Waals surface area contributed by atoms with E-state index in [1.165, 1.54) is 6.07 Å². The number of carboxylic acid groups (broad SMARTS) is 1. The number of benzene rings is 2. The van der Waals surface area contributed by atoms with Gasteiger partial charge in [0.05, 0.1) is 0 Å². The molecule has 1 N–H and O–H groups in total. The normalized spacial score (nSPS) is 12.2. The summed E-state index contributed by atoms with van der Waals surface area (Å²) in [5.41, 5.74) is 1.03. The minimum atomic E-state index is -1.01. The van der Waals surface area contributed by atoms with Crippen molar-refractivity contribution >= 4 is 5.97 Å². The third kappa shape index (κ3) is 2.38. The minimum absolute atomic E-state index is 0.147. The summed E-state index contributed by atoms with van der Waals surface area (Å²) in [5, 5.41) is 9.07. The number of hydrogen-bond donors (Lipinski definition) is 1. The van der Waals surface area contributed by atoms with Crippen LogP contribution < -0.4 is 14.2 Å². The van der Waals surface area contributed by atoms with Crippen LogP contribution in [0.4, 0.5) is 0 Å². The second kappa shape index (κ2) is 5.13. The highest BCUT2D eigenvalue weighted by molar-refractivity contribution is 5.90. The largest absolute Gasteiger partial charge is 0.488 e. The fourth-order valence-corrected chi connectivity index (χ4v) is 1.96. The molecule has 0 aromatic heterocycles. The van der Waals surface area contributed by atoms with Crippen molar-refractivity contribution in [1.82, 2.24) is 0 Å². The Hall–Kier alpha value is -2.69. The second-order valence-corrected chi connectivity index (χ2v) is 4.28. The van der Waals surface area contributed by atoms with Crippen LogP contribution in [0.5, 0.6) is 17.2 Å². The Morgan fingerprint density at radius 3 is 2.80 bits per heavy atom. The molecule has 5 heteroatoms. The lowest BCUT2D eigenvalue weighted by molar-refractivity contribution is 0.0691. The first-order chi connectivity index (χ1) is 9.74. The first-order valence-electron chi connectivity index (χ1n) is 6.08. The fourth-order valence-electron chi connectivity index (χ4n) is 1.96. The molecule has 0 saturated heterocycles. The van der Waals surface area contributed by atoms with E-state index < -0.39 is 5.97 Å². The van der Waals surface area contributed by atoms with Gasteiger partial charge in [-0.2, -0.15) is 0 Å². The molecule has 0 bridgehead atoms.